The van der Waals surface area contributed by atoms with Gasteiger partial charge in [0.1, 0.15) is 0 Å². The number of aryl methyl sites for hydroxylation is 1. The van der Waals surface area contributed by atoms with E-state index >= 15 is 0 Å². The van der Waals surface area contributed by atoms with Crippen molar-refractivity contribution in [1.82, 2.24) is 9.97 Å². The summed E-state index contributed by atoms with van der Waals surface area (Å²) in [6.07, 6.45) is 2.20. The third-order valence-electron chi connectivity index (χ3n) is 3.31. The average molecular weight is 271 g/mol. The van der Waals surface area contributed by atoms with Crippen LogP contribution in [0.25, 0.3) is 0 Å². The summed E-state index contributed by atoms with van der Waals surface area (Å²) in [6, 6.07) is -0.0608. The number of sulfone groups is 1. The highest BCUT2D eigenvalue weighted by Gasteiger charge is 2.31. The monoisotopic (exact) mass is 271 g/mol. The van der Waals surface area contributed by atoms with Gasteiger partial charge in [0.05, 0.1) is 18.1 Å². The summed E-state index contributed by atoms with van der Waals surface area (Å²) in [7, 11) is -1.10. The van der Waals surface area contributed by atoms with E-state index in [1.165, 1.54) is 0 Å². The topological polar surface area (TPSA) is 83.4 Å². The van der Waals surface area contributed by atoms with Crippen LogP contribution in [0.4, 0.5) is 5.95 Å². The zero-order valence-electron chi connectivity index (χ0n) is 10.5. The normalized spacial score (nSPS) is 22.1. The predicted octanol–water partition coefficient (Wildman–Crippen LogP) is -0.0994. The van der Waals surface area contributed by atoms with E-state index < -0.39 is 9.84 Å². The molecule has 18 heavy (non-hydrogen) atoms. The highest BCUT2D eigenvalue weighted by Crippen LogP contribution is 2.20. The molecule has 6 nitrogen and oxygen atoms in total. The third-order valence-corrected chi connectivity index (χ3v) is 5.06. The maximum absolute atomic E-state index is 11.4. The van der Waals surface area contributed by atoms with Crippen LogP contribution in [0.15, 0.2) is 6.20 Å². The predicted molar refractivity (Wildman–Crippen MR) is 68.2 cm³/mol. The van der Waals surface area contributed by atoms with Crippen molar-refractivity contribution in [2.24, 2.45) is 0 Å². The van der Waals surface area contributed by atoms with Crippen LogP contribution in [0.2, 0.25) is 0 Å². The number of hydrogen-bond acceptors (Lipinski definition) is 6. The van der Waals surface area contributed by atoms with Crippen molar-refractivity contribution in [2.45, 2.75) is 26.0 Å². The summed E-state index contributed by atoms with van der Waals surface area (Å²) in [5.74, 6) is 0.899. The van der Waals surface area contributed by atoms with E-state index in [0.29, 0.717) is 17.9 Å². The third kappa shape index (κ3) is 2.62. The molecule has 1 aromatic rings. The van der Waals surface area contributed by atoms with Gasteiger partial charge in [-0.05, 0) is 13.3 Å². The molecule has 2 rings (SSSR count). The van der Waals surface area contributed by atoms with Gasteiger partial charge in [-0.15, -0.1) is 0 Å². The Morgan fingerprint density at radius 3 is 2.78 bits per heavy atom. The Morgan fingerprint density at radius 2 is 2.28 bits per heavy atom. The van der Waals surface area contributed by atoms with E-state index in [9.17, 15) is 8.42 Å². The van der Waals surface area contributed by atoms with Gasteiger partial charge >= 0.3 is 0 Å². The van der Waals surface area contributed by atoms with Crippen LogP contribution in [-0.4, -0.2) is 48.1 Å². The molecule has 1 aliphatic heterocycles. The fraction of sp³-hybridized carbons (Fsp3) is 0.636. The molecule has 1 saturated heterocycles. The maximum Gasteiger partial charge on any atom is 0.225 e. The van der Waals surface area contributed by atoms with Gasteiger partial charge in [-0.25, -0.2) is 18.4 Å². The number of rotatable bonds is 3. The molecule has 0 aliphatic carbocycles. The van der Waals surface area contributed by atoms with Crippen LogP contribution >= 0.6 is 0 Å². The van der Waals surface area contributed by atoms with Gasteiger partial charge in [0.15, 0.2) is 9.84 Å². The van der Waals surface area contributed by atoms with E-state index in [1.54, 1.807) is 25.1 Å². The number of hydrogen-bond donors (Lipinski definition) is 1. The summed E-state index contributed by atoms with van der Waals surface area (Å²) < 4.78 is 22.9. The zero-order valence-corrected chi connectivity index (χ0v) is 11.3. The van der Waals surface area contributed by atoms with Gasteiger partial charge in [-0.3, -0.25) is 0 Å². The largest absolute Gasteiger partial charge is 0.392 e. The Morgan fingerprint density at radius 1 is 1.56 bits per heavy atom. The minimum Gasteiger partial charge on any atom is -0.392 e. The van der Waals surface area contributed by atoms with Crippen LogP contribution < -0.4 is 4.90 Å². The molecular weight excluding hydrogens is 254 g/mol. The second-order valence-corrected chi connectivity index (χ2v) is 6.84. The van der Waals surface area contributed by atoms with Gasteiger partial charge in [0.25, 0.3) is 0 Å². The quantitative estimate of drug-likeness (QED) is 0.826. The van der Waals surface area contributed by atoms with Crippen molar-refractivity contribution < 1.29 is 13.5 Å². The molecule has 0 spiro atoms. The average Bonchev–Trinajstić information content (AvgIpc) is 2.68. The standard InChI is InChI=1S/C11H17N3O3S/c1-8-9(6-15)5-12-11(13-8)14(2)10-3-4-18(16,17)7-10/h5,10,15H,3-4,6-7H2,1-2H3. The summed E-state index contributed by atoms with van der Waals surface area (Å²) >= 11 is 0. The van der Waals surface area contributed by atoms with E-state index in [0.717, 1.165) is 5.69 Å². The molecule has 0 aromatic carbocycles. The Balaban J connectivity index is 2.19. The van der Waals surface area contributed by atoms with Gasteiger partial charge in [-0.1, -0.05) is 0 Å². The van der Waals surface area contributed by atoms with Gasteiger partial charge in [0.2, 0.25) is 5.95 Å². The Bertz CT molecular complexity index is 544. The van der Waals surface area contributed by atoms with Crippen molar-refractivity contribution >= 4 is 15.8 Å². The Kier molecular flexibility index (Phi) is 3.54. The molecule has 0 amide bonds. The number of aromatic nitrogens is 2. The number of anilines is 1. The minimum atomic E-state index is -2.91. The lowest BCUT2D eigenvalue weighted by atomic mass is 10.2. The van der Waals surface area contributed by atoms with Gasteiger partial charge in [0, 0.05) is 30.5 Å². The number of aliphatic hydroxyl groups excluding tert-OH is 1. The SMILES string of the molecule is Cc1nc(N(C)C2CCS(=O)(=O)C2)ncc1CO. The lowest BCUT2D eigenvalue weighted by molar-refractivity contribution is 0.280. The Hall–Kier alpha value is -1.21. The fourth-order valence-electron chi connectivity index (χ4n) is 2.05. The van der Waals surface area contributed by atoms with Gasteiger partial charge in [-0.2, -0.15) is 0 Å². The van der Waals surface area contributed by atoms with Crippen molar-refractivity contribution in [3.8, 4) is 0 Å². The van der Waals surface area contributed by atoms with Crippen molar-refractivity contribution in [3.05, 3.63) is 17.5 Å². The fourth-order valence-corrected chi connectivity index (χ4v) is 3.82. The highest BCUT2D eigenvalue weighted by atomic mass is 32.2. The molecule has 7 heteroatoms. The summed E-state index contributed by atoms with van der Waals surface area (Å²) in [5, 5.41) is 9.06. The maximum atomic E-state index is 11.4. The van der Waals surface area contributed by atoms with Crippen molar-refractivity contribution in [1.29, 1.82) is 0 Å². The lowest BCUT2D eigenvalue weighted by Crippen LogP contribution is -2.34. The molecule has 0 radical (unpaired) electrons. The molecule has 1 unspecified atom stereocenters. The Labute approximate surface area is 107 Å². The molecule has 0 saturated carbocycles. The van der Waals surface area contributed by atoms with Crippen LogP contribution in [0, 0.1) is 6.92 Å². The van der Waals surface area contributed by atoms with Crippen LogP contribution in [0.3, 0.4) is 0 Å². The van der Waals surface area contributed by atoms with Crippen molar-refractivity contribution in [3.63, 3.8) is 0 Å². The van der Waals surface area contributed by atoms with E-state index in [4.69, 9.17) is 5.11 Å². The molecule has 1 fully saturated rings. The zero-order chi connectivity index (χ0) is 13.3. The number of aliphatic hydroxyl groups is 1. The first-order valence-electron chi connectivity index (χ1n) is 5.79. The van der Waals surface area contributed by atoms with E-state index in [2.05, 4.69) is 9.97 Å². The van der Waals surface area contributed by atoms with Crippen LogP contribution in [0.5, 0.6) is 0 Å². The molecule has 1 N–H and O–H groups in total. The van der Waals surface area contributed by atoms with Crippen LogP contribution in [-0.2, 0) is 16.4 Å². The molecule has 0 bridgehead atoms. The molecule has 2 heterocycles. The highest BCUT2D eigenvalue weighted by molar-refractivity contribution is 7.91. The molecular formula is C11H17N3O3S. The lowest BCUT2D eigenvalue weighted by Gasteiger charge is -2.23. The number of nitrogens with zero attached hydrogens (tertiary/aromatic N) is 3. The molecule has 1 aromatic heterocycles. The van der Waals surface area contributed by atoms with Crippen molar-refractivity contribution in [2.75, 3.05) is 23.5 Å². The molecule has 1 atom stereocenters. The van der Waals surface area contributed by atoms with Crippen LogP contribution in [0.1, 0.15) is 17.7 Å². The van der Waals surface area contributed by atoms with Gasteiger partial charge < -0.3 is 10.0 Å². The minimum absolute atomic E-state index is 0.0608. The summed E-state index contributed by atoms with van der Waals surface area (Å²) in [5.41, 5.74) is 1.40. The molecule has 100 valence electrons. The molecule has 1 aliphatic rings. The second kappa shape index (κ2) is 4.81. The summed E-state index contributed by atoms with van der Waals surface area (Å²) in [4.78, 5) is 10.3. The first kappa shape index (κ1) is 13.2. The second-order valence-electron chi connectivity index (χ2n) is 4.61. The summed E-state index contributed by atoms with van der Waals surface area (Å²) in [6.45, 7) is 1.71. The van der Waals surface area contributed by atoms with E-state index in [-0.39, 0.29) is 24.2 Å². The first-order valence-corrected chi connectivity index (χ1v) is 7.62. The smallest absolute Gasteiger partial charge is 0.225 e. The first-order chi connectivity index (χ1) is 8.43. The van der Waals surface area contributed by atoms with E-state index in [1.807, 2.05) is 0 Å².